The summed E-state index contributed by atoms with van der Waals surface area (Å²) in [6.45, 7) is 2.32. The van der Waals surface area contributed by atoms with E-state index in [2.05, 4.69) is 4.99 Å². The van der Waals surface area contributed by atoms with Crippen molar-refractivity contribution < 1.29 is 19.1 Å². The third kappa shape index (κ3) is 6.81. The molecule has 2 amide bonds. The lowest BCUT2D eigenvalue weighted by Gasteiger charge is -2.20. The van der Waals surface area contributed by atoms with Crippen molar-refractivity contribution in [3.05, 3.63) is 71.8 Å². The van der Waals surface area contributed by atoms with Crippen LogP contribution in [0.15, 0.2) is 65.7 Å². The van der Waals surface area contributed by atoms with Crippen LogP contribution in [0.1, 0.15) is 24.5 Å². The van der Waals surface area contributed by atoms with Gasteiger partial charge in [-0.1, -0.05) is 67.6 Å². The van der Waals surface area contributed by atoms with Gasteiger partial charge < -0.3 is 15.2 Å². The molecule has 0 radical (unpaired) electrons. The topological polar surface area (TPSA) is 94.2 Å². The lowest BCUT2D eigenvalue weighted by atomic mass is 10.2. The van der Waals surface area contributed by atoms with E-state index >= 15 is 0 Å². The average molecular weight is 369 g/mol. The number of guanidine groups is 1. The highest BCUT2D eigenvalue weighted by atomic mass is 16.6. The van der Waals surface area contributed by atoms with Crippen LogP contribution in [0.2, 0.25) is 0 Å². The molecular weight excluding hydrogens is 346 g/mol. The second-order valence-corrected chi connectivity index (χ2v) is 5.70. The van der Waals surface area contributed by atoms with E-state index in [0.29, 0.717) is 6.42 Å². The summed E-state index contributed by atoms with van der Waals surface area (Å²) >= 11 is 0. The summed E-state index contributed by atoms with van der Waals surface area (Å²) in [5.74, 6) is -0.257. The number of hydrogen-bond acceptors (Lipinski definition) is 4. The second-order valence-electron chi connectivity index (χ2n) is 5.70. The van der Waals surface area contributed by atoms with Crippen LogP contribution in [0.25, 0.3) is 0 Å². The molecule has 7 heteroatoms. The first-order chi connectivity index (χ1) is 13.1. The van der Waals surface area contributed by atoms with Gasteiger partial charge in [-0.3, -0.25) is 0 Å². The molecule has 2 aromatic carbocycles. The van der Waals surface area contributed by atoms with E-state index in [1.807, 2.05) is 67.6 Å². The van der Waals surface area contributed by atoms with Gasteiger partial charge in [-0.25, -0.2) is 14.5 Å². The third-order valence-electron chi connectivity index (χ3n) is 3.56. The Bertz CT molecular complexity index is 763. The van der Waals surface area contributed by atoms with Gasteiger partial charge in [-0.05, 0) is 17.5 Å². The molecular formula is C20H23N3O4. The zero-order chi connectivity index (χ0) is 19.5. The monoisotopic (exact) mass is 369 g/mol. The van der Waals surface area contributed by atoms with Crippen LogP contribution in [-0.4, -0.2) is 29.6 Å². The molecule has 2 rings (SSSR count). The Hall–Kier alpha value is -3.35. The number of rotatable bonds is 6. The maximum absolute atomic E-state index is 12.3. The van der Waals surface area contributed by atoms with Gasteiger partial charge in [-0.15, -0.1) is 4.99 Å². The number of amides is 2. The molecule has 142 valence electrons. The van der Waals surface area contributed by atoms with Crippen LogP contribution >= 0.6 is 0 Å². The number of carbonyl (C=O) groups is 2. The van der Waals surface area contributed by atoms with E-state index in [4.69, 9.17) is 15.2 Å². The Morgan fingerprint density at radius 2 is 1.44 bits per heavy atom. The van der Waals surface area contributed by atoms with Gasteiger partial charge >= 0.3 is 12.2 Å². The van der Waals surface area contributed by atoms with Crippen LogP contribution in [0.4, 0.5) is 9.59 Å². The van der Waals surface area contributed by atoms with Crippen molar-refractivity contribution in [1.29, 1.82) is 0 Å². The number of aliphatic imine (C=N–C) groups is 1. The first-order valence-corrected chi connectivity index (χ1v) is 8.63. The number of carbonyl (C=O) groups excluding carboxylic acids is 2. The Morgan fingerprint density at radius 1 is 0.926 bits per heavy atom. The molecule has 27 heavy (non-hydrogen) atoms. The van der Waals surface area contributed by atoms with Gasteiger partial charge in [0, 0.05) is 6.54 Å². The minimum atomic E-state index is -0.867. The predicted octanol–water partition coefficient (Wildman–Crippen LogP) is 3.69. The van der Waals surface area contributed by atoms with E-state index in [1.165, 1.54) is 0 Å². The quantitative estimate of drug-likeness (QED) is 0.619. The van der Waals surface area contributed by atoms with E-state index < -0.39 is 12.2 Å². The molecule has 0 heterocycles. The minimum Gasteiger partial charge on any atom is -0.444 e. The molecule has 0 unspecified atom stereocenters. The first-order valence-electron chi connectivity index (χ1n) is 8.63. The third-order valence-corrected chi connectivity index (χ3v) is 3.56. The Kier molecular flexibility index (Phi) is 7.84. The van der Waals surface area contributed by atoms with E-state index in [-0.39, 0.29) is 25.7 Å². The number of nitrogens with two attached hydrogens (primary N) is 1. The summed E-state index contributed by atoms with van der Waals surface area (Å²) in [6.07, 6.45) is -0.915. The van der Waals surface area contributed by atoms with Crippen LogP contribution in [0, 0.1) is 0 Å². The molecule has 0 saturated heterocycles. The lowest BCUT2D eigenvalue weighted by molar-refractivity contribution is 0.115. The smallest absolute Gasteiger partial charge is 0.437 e. The van der Waals surface area contributed by atoms with Crippen molar-refractivity contribution in [1.82, 2.24) is 4.90 Å². The molecule has 0 fully saturated rings. The molecule has 7 nitrogen and oxygen atoms in total. The molecule has 0 aliphatic rings. The standard InChI is InChI=1S/C20H23N3O4/c1-2-13-23(20(25)27-15-17-11-7-4-8-12-17)18(21)22-19(24)26-14-16-9-5-3-6-10-16/h3-12H,2,13-15H2,1H3,(H2,21,22,24). The fourth-order valence-electron chi connectivity index (χ4n) is 2.23. The van der Waals surface area contributed by atoms with Crippen LogP contribution in [-0.2, 0) is 22.7 Å². The summed E-state index contributed by atoms with van der Waals surface area (Å²) in [5, 5.41) is 0. The van der Waals surface area contributed by atoms with Crippen molar-refractivity contribution in [3.8, 4) is 0 Å². The molecule has 0 saturated carbocycles. The SMILES string of the molecule is CCCN(C(=O)OCc1ccccc1)C(N)=NC(=O)OCc1ccccc1. The molecule has 2 N–H and O–H groups in total. The summed E-state index contributed by atoms with van der Waals surface area (Å²) in [6, 6.07) is 18.5. The normalized spacial score (nSPS) is 10.9. The predicted molar refractivity (Wildman–Crippen MR) is 102 cm³/mol. The second kappa shape index (κ2) is 10.6. The molecule has 0 aliphatic carbocycles. The highest BCUT2D eigenvalue weighted by Gasteiger charge is 2.19. The summed E-state index contributed by atoms with van der Waals surface area (Å²) in [4.78, 5) is 28.9. The Balaban J connectivity index is 1.93. The molecule has 0 aromatic heterocycles. The summed E-state index contributed by atoms with van der Waals surface area (Å²) < 4.78 is 10.3. The molecule has 0 atom stereocenters. The van der Waals surface area contributed by atoms with Gasteiger partial charge in [0.15, 0.2) is 0 Å². The fourth-order valence-corrected chi connectivity index (χ4v) is 2.23. The average Bonchev–Trinajstić information content (AvgIpc) is 2.70. The maximum atomic E-state index is 12.3. The summed E-state index contributed by atoms with van der Waals surface area (Å²) in [5.41, 5.74) is 7.49. The van der Waals surface area contributed by atoms with Crippen LogP contribution < -0.4 is 5.73 Å². The number of ether oxygens (including phenoxy) is 2. The number of hydrogen-bond donors (Lipinski definition) is 1. The van der Waals surface area contributed by atoms with Gasteiger partial charge in [0.2, 0.25) is 5.96 Å². The van der Waals surface area contributed by atoms with Crippen molar-refractivity contribution in [3.63, 3.8) is 0 Å². The molecule has 0 aliphatic heterocycles. The lowest BCUT2D eigenvalue weighted by Crippen LogP contribution is -2.43. The number of benzene rings is 2. The Morgan fingerprint density at radius 3 is 1.96 bits per heavy atom. The van der Waals surface area contributed by atoms with Crippen molar-refractivity contribution in [2.24, 2.45) is 10.7 Å². The first kappa shape index (κ1) is 20.0. The Labute approximate surface area is 158 Å². The maximum Gasteiger partial charge on any atom is 0.437 e. The number of nitrogens with zero attached hydrogens (tertiary/aromatic N) is 2. The minimum absolute atomic E-state index is 0.0721. The van der Waals surface area contributed by atoms with Crippen molar-refractivity contribution in [2.75, 3.05) is 6.54 Å². The van der Waals surface area contributed by atoms with Gasteiger partial charge in [-0.2, -0.15) is 0 Å². The molecule has 2 aromatic rings. The van der Waals surface area contributed by atoms with Gasteiger partial charge in [0.1, 0.15) is 13.2 Å². The zero-order valence-electron chi connectivity index (χ0n) is 15.2. The highest BCUT2D eigenvalue weighted by Crippen LogP contribution is 2.05. The fraction of sp³-hybridized carbons (Fsp3) is 0.250. The van der Waals surface area contributed by atoms with Gasteiger partial charge in [0.05, 0.1) is 0 Å². The molecule has 0 bridgehead atoms. The van der Waals surface area contributed by atoms with Gasteiger partial charge in [0.25, 0.3) is 0 Å². The van der Waals surface area contributed by atoms with Crippen molar-refractivity contribution in [2.45, 2.75) is 26.6 Å². The summed E-state index contributed by atoms with van der Waals surface area (Å²) in [7, 11) is 0. The zero-order valence-corrected chi connectivity index (χ0v) is 15.2. The van der Waals surface area contributed by atoms with Crippen LogP contribution in [0.5, 0.6) is 0 Å². The van der Waals surface area contributed by atoms with E-state index in [0.717, 1.165) is 16.0 Å². The molecule has 0 spiro atoms. The highest BCUT2D eigenvalue weighted by molar-refractivity contribution is 5.97. The van der Waals surface area contributed by atoms with Crippen molar-refractivity contribution >= 4 is 18.1 Å². The van der Waals surface area contributed by atoms with E-state index in [9.17, 15) is 9.59 Å². The van der Waals surface area contributed by atoms with E-state index in [1.54, 1.807) is 0 Å². The largest absolute Gasteiger partial charge is 0.444 e. The van der Waals surface area contributed by atoms with Crippen LogP contribution in [0.3, 0.4) is 0 Å².